The van der Waals surface area contributed by atoms with E-state index in [1.54, 1.807) is 11.3 Å². The van der Waals surface area contributed by atoms with Crippen LogP contribution in [0.4, 0.5) is 5.69 Å². The minimum absolute atomic E-state index is 0.211. The van der Waals surface area contributed by atoms with Crippen LogP contribution in [0.25, 0.3) is 26.4 Å². The van der Waals surface area contributed by atoms with Crippen molar-refractivity contribution in [3.8, 4) is 11.3 Å². The first-order valence-corrected chi connectivity index (χ1v) is 10.6. The van der Waals surface area contributed by atoms with E-state index < -0.39 is 0 Å². The van der Waals surface area contributed by atoms with Crippen molar-refractivity contribution in [3.63, 3.8) is 0 Å². The molecule has 2 N–H and O–H groups in total. The zero-order valence-corrected chi connectivity index (χ0v) is 16.8. The number of amides is 1. The van der Waals surface area contributed by atoms with Crippen LogP contribution >= 0.6 is 11.3 Å². The highest BCUT2D eigenvalue weighted by Crippen LogP contribution is 2.30. The second kappa shape index (κ2) is 7.50. The molecule has 5 rings (SSSR count). The van der Waals surface area contributed by atoms with E-state index in [4.69, 9.17) is 15.5 Å². The Balaban J connectivity index is 1.35. The molecule has 29 heavy (non-hydrogen) atoms. The fourth-order valence-electron chi connectivity index (χ4n) is 3.72. The maximum absolute atomic E-state index is 12.4. The fourth-order valence-corrected chi connectivity index (χ4v) is 4.79. The smallest absolute Gasteiger partial charge is 0.223 e. The van der Waals surface area contributed by atoms with Gasteiger partial charge in [0.25, 0.3) is 0 Å². The van der Waals surface area contributed by atoms with Gasteiger partial charge in [0, 0.05) is 37.0 Å². The van der Waals surface area contributed by atoms with Crippen molar-refractivity contribution < 1.29 is 9.53 Å². The number of hydrogen-bond acceptors (Lipinski definition) is 5. The molecular weight excluding hydrogens is 384 g/mol. The number of aryl methyl sites for hydroxylation is 1. The van der Waals surface area contributed by atoms with Crippen molar-refractivity contribution in [2.24, 2.45) is 0 Å². The van der Waals surface area contributed by atoms with Crippen LogP contribution in [-0.2, 0) is 16.0 Å². The van der Waals surface area contributed by atoms with Crippen LogP contribution < -0.4 is 5.73 Å². The standard InChI is InChI=1S/C22H22N4O2S/c23-17-5-3-16(4-6-17)18-14-26-19-7-1-15(13-20(19)29-22(26)24-18)2-8-21(27)25-9-11-28-12-10-25/h1,3-7,13-14H,2,8-12,23H2. The normalized spacial score (nSPS) is 14.7. The molecule has 4 aromatic rings. The molecule has 1 aliphatic rings. The molecule has 1 fully saturated rings. The van der Waals surface area contributed by atoms with Gasteiger partial charge >= 0.3 is 0 Å². The third kappa shape index (κ3) is 3.59. The first-order chi connectivity index (χ1) is 14.2. The number of hydrogen-bond donors (Lipinski definition) is 1. The van der Waals surface area contributed by atoms with Gasteiger partial charge in [0.15, 0.2) is 4.96 Å². The molecule has 2 aromatic carbocycles. The first-order valence-electron chi connectivity index (χ1n) is 9.79. The average molecular weight is 407 g/mol. The summed E-state index contributed by atoms with van der Waals surface area (Å²) in [6.45, 7) is 2.70. The van der Waals surface area contributed by atoms with Gasteiger partial charge in [0.2, 0.25) is 5.91 Å². The number of ether oxygens (including phenoxy) is 1. The van der Waals surface area contributed by atoms with Gasteiger partial charge in [0.05, 0.1) is 29.1 Å². The third-order valence-electron chi connectivity index (χ3n) is 5.36. The molecule has 0 saturated carbocycles. The summed E-state index contributed by atoms with van der Waals surface area (Å²) in [4.78, 5) is 20.0. The van der Waals surface area contributed by atoms with Gasteiger partial charge < -0.3 is 15.4 Å². The van der Waals surface area contributed by atoms with Gasteiger partial charge in [0.1, 0.15) is 0 Å². The van der Waals surface area contributed by atoms with Crippen molar-refractivity contribution >= 4 is 38.1 Å². The number of thiazole rings is 1. The van der Waals surface area contributed by atoms with Gasteiger partial charge in [-0.2, -0.15) is 0 Å². The Hall–Kier alpha value is -2.90. The number of imidazole rings is 1. The lowest BCUT2D eigenvalue weighted by Crippen LogP contribution is -2.40. The van der Waals surface area contributed by atoms with Crippen LogP contribution in [0, 0.1) is 0 Å². The maximum Gasteiger partial charge on any atom is 0.223 e. The average Bonchev–Trinajstić information content (AvgIpc) is 3.31. The van der Waals surface area contributed by atoms with E-state index in [0.29, 0.717) is 32.7 Å². The van der Waals surface area contributed by atoms with Gasteiger partial charge in [-0.15, -0.1) is 0 Å². The summed E-state index contributed by atoms with van der Waals surface area (Å²) in [6, 6.07) is 14.2. The van der Waals surface area contributed by atoms with Crippen LogP contribution in [0.15, 0.2) is 48.7 Å². The number of morpholine rings is 1. The highest BCUT2D eigenvalue weighted by Gasteiger charge is 2.17. The summed E-state index contributed by atoms with van der Waals surface area (Å²) in [5.74, 6) is 0.211. The topological polar surface area (TPSA) is 72.9 Å². The Bertz CT molecular complexity index is 1170. The van der Waals surface area contributed by atoms with E-state index >= 15 is 0 Å². The van der Waals surface area contributed by atoms with Crippen molar-refractivity contribution in [1.82, 2.24) is 14.3 Å². The lowest BCUT2D eigenvalue weighted by Gasteiger charge is -2.26. The van der Waals surface area contributed by atoms with Crippen LogP contribution in [0.1, 0.15) is 12.0 Å². The molecule has 0 spiro atoms. The zero-order chi connectivity index (χ0) is 19.8. The Kier molecular flexibility index (Phi) is 4.69. The summed E-state index contributed by atoms with van der Waals surface area (Å²) < 4.78 is 8.64. The second-order valence-electron chi connectivity index (χ2n) is 7.30. The van der Waals surface area contributed by atoms with E-state index in [0.717, 1.165) is 33.8 Å². The molecule has 0 bridgehead atoms. The minimum Gasteiger partial charge on any atom is -0.399 e. The Morgan fingerprint density at radius 2 is 1.93 bits per heavy atom. The zero-order valence-electron chi connectivity index (χ0n) is 16.0. The van der Waals surface area contributed by atoms with Gasteiger partial charge in [-0.1, -0.05) is 29.5 Å². The molecule has 0 unspecified atom stereocenters. The van der Waals surface area contributed by atoms with Crippen molar-refractivity contribution in [2.75, 3.05) is 32.0 Å². The van der Waals surface area contributed by atoms with Crippen molar-refractivity contribution in [3.05, 3.63) is 54.2 Å². The summed E-state index contributed by atoms with van der Waals surface area (Å²) in [7, 11) is 0. The van der Waals surface area contributed by atoms with E-state index in [2.05, 4.69) is 28.8 Å². The molecule has 148 valence electrons. The largest absolute Gasteiger partial charge is 0.399 e. The number of aromatic nitrogens is 2. The number of rotatable bonds is 4. The Labute approximate surface area is 172 Å². The number of benzene rings is 2. The molecule has 1 aliphatic heterocycles. The Morgan fingerprint density at radius 3 is 2.72 bits per heavy atom. The van der Waals surface area contributed by atoms with E-state index in [9.17, 15) is 4.79 Å². The SMILES string of the molecule is Nc1ccc(-c2cn3c(n2)sc2cc(CCC(=O)N4CCOCC4)ccc23)cc1. The summed E-state index contributed by atoms with van der Waals surface area (Å²) in [5, 5.41) is 0. The lowest BCUT2D eigenvalue weighted by molar-refractivity contribution is -0.135. The predicted octanol–water partition coefficient (Wildman–Crippen LogP) is 3.59. The molecule has 1 amide bonds. The second-order valence-corrected chi connectivity index (χ2v) is 8.31. The monoisotopic (exact) mass is 406 g/mol. The summed E-state index contributed by atoms with van der Waals surface area (Å²) in [6.07, 6.45) is 3.36. The molecule has 6 nitrogen and oxygen atoms in total. The van der Waals surface area contributed by atoms with Crippen LogP contribution in [0.2, 0.25) is 0 Å². The fraction of sp³-hybridized carbons (Fsp3) is 0.273. The maximum atomic E-state index is 12.4. The molecule has 1 saturated heterocycles. The number of nitrogen functional groups attached to an aromatic ring is 1. The van der Waals surface area contributed by atoms with Crippen LogP contribution in [-0.4, -0.2) is 46.5 Å². The quantitative estimate of drug-likeness (QED) is 0.526. The first kappa shape index (κ1) is 18.1. The molecule has 2 aromatic heterocycles. The van der Waals surface area contributed by atoms with E-state index in [1.165, 1.54) is 10.3 Å². The number of fused-ring (bicyclic) bond motifs is 3. The minimum atomic E-state index is 0.211. The predicted molar refractivity (Wildman–Crippen MR) is 116 cm³/mol. The third-order valence-corrected chi connectivity index (χ3v) is 6.37. The molecule has 3 heterocycles. The van der Waals surface area contributed by atoms with Gasteiger partial charge in [-0.25, -0.2) is 4.98 Å². The number of anilines is 1. The number of nitrogens with zero attached hydrogens (tertiary/aromatic N) is 3. The highest BCUT2D eigenvalue weighted by atomic mass is 32.1. The Morgan fingerprint density at radius 1 is 1.14 bits per heavy atom. The molecule has 0 atom stereocenters. The van der Waals surface area contributed by atoms with Gasteiger partial charge in [-0.05, 0) is 36.2 Å². The number of carbonyl (C=O) groups excluding carboxylic acids is 1. The summed E-state index contributed by atoms with van der Waals surface area (Å²) in [5.41, 5.74) is 10.9. The number of nitrogens with two attached hydrogens (primary N) is 1. The van der Waals surface area contributed by atoms with E-state index in [-0.39, 0.29) is 5.91 Å². The van der Waals surface area contributed by atoms with Crippen molar-refractivity contribution in [2.45, 2.75) is 12.8 Å². The molecular formula is C22H22N4O2S. The van der Waals surface area contributed by atoms with Crippen LogP contribution in [0.3, 0.4) is 0 Å². The van der Waals surface area contributed by atoms with Gasteiger partial charge in [-0.3, -0.25) is 9.20 Å². The lowest BCUT2D eigenvalue weighted by atomic mass is 10.1. The highest BCUT2D eigenvalue weighted by molar-refractivity contribution is 7.23. The number of carbonyl (C=O) groups is 1. The molecule has 0 radical (unpaired) electrons. The van der Waals surface area contributed by atoms with Crippen molar-refractivity contribution in [1.29, 1.82) is 0 Å². The summed E-state index contributed by atoms with van der Waals surface area (Å²) >= 11 is 1.67. The van der Waals surface area contributed by atoms with Crippen LogP contribution in [0.5, 0.6) is 0 Å². The molecule has 7 heteroatoms. The van der Waals surface area contributed by atoms with E-state index in [1.807, 2.05) is 29.2 Å². The molecule has 0 aliphatic carbocycles.